The van der Waals surface area contributed by atoms with Gasteiger partial charge >= 0.3 is 0 Å². The van der Waals surface area contributed by atoms with E-state index in [1.165, 1.54) is 12.1 Å². The average molecular weight is 318 g/mol. The molecule has 1 aromatic heterocycles. The highest BCUT2D eigenvalue weighted by Crippen LogP contribution is 2.23. The summed E-state index contributed by atoms with van der Waals surface area (Å²) in [5, 5.41) is 10.0. The third-order valence-corrected chi connectivity index (χ3v) is 3.92. The normalized spacial score (nSPS) is 12.9. The zero-order valence-corrected chi connectivity index (χ0v) is 13.9. The second-order valence-electron chi connectivity index (χ2n) is 6.28. The fraction of sp³-hybridized carbons (Fsp3) is 0.412. The summed E-state index contributed by atoms with van der Waals surface area (Å²) in [6, 6.07) is 6.00. The smallest absolute Gasteiger partial charge is 0.241 e. The van der Waals surface area contributed by atoms with E-state index in [9.17, 15) is 9.18 Å². The molecule has 0 saturated carbocycles. The van der Waals surface area contributed by atoms with Gasteiger partial charge in [-0.15, -0.1) is 0 Å². The molecule has 23 heavy (non-hydrogen) atoms. The van der Waals surface area contributed by atoms with Crippen LogP contribution in [0.3, 0.4) is 0 Å². The van der Waals surface area contributed by atoms with E-state index < -0.39 is 6.04 Å². The maximum Gasteiger partial charge on any atom is 0.241 e. The fourth-order valence-electron chi connectivity index (χ4n) is 2.46. The number of likely N-dealkylation sites (N-methyl/N-ethyl adjacent to an activating group) is 1. The molecule has 6 heteroatoms. The van der Waals surface area contributed by atoms with Crippen molar-refractivity contribution < 1.29 is 9.18 Å². The zero-order chi connectivity index (χ0) is 17.0. The average Bonchev–Trinajstić information content (AvgIpc) is 2.92. The molecule has 2 rings (SSSR count). The molecule has 0 aliphatic heterocycles. The number of carbonyl (C=O) groups is 1. The first-order valence-corrected chi connectivity index (χ1v) is 7.53. The van der Waals surface area contributed by atoms with Gasteiger partial charge in [0.05, 0.1) is 6.20 Å². The molecule has 2 N–H and O–H groups in total. The van der Waals surface area contributed by atoms with E-state index in [4.69, 9.17) is 0 Å². The fourth-order valence-corrected chi connectivity index (χ4v) is 2.46. The summed E-state index contributed by atoms with van der Waals surface area (Å²) in [5.74, 6) is -0.407. The number of rotatable bonds is 6. The predicted molar refractivity (Wildman–Crippen MR) is 87.4 cm³/mol. The van der Waals surface area contributed by atoms with E-state index in [-0.39, 0.29) is 17.1 Å². The first-order chi connectivity index (χ1) is 10.8. The molecule has 0 fully saturated rings. The van der Waals surface area contributed by atoms with Crippen LogP contribution in [0.4, 0.5) is 4.39 Å². The largest absolute Gasteiger partial charge is 0.354 e. The maximum absolute atomic E-state index is 13.4. The highest BCUT2D eigenvalue weighted by molar-refractivity contribution is 5.83. The van der Waals surface area contributed by atoms with Crippen molar-refractivity contribution in [2.75, 3.05) is 13.6 Å². The van der Waals surface area contributed by atoms with E-state index in [0.717, 1.165) is 11.1 Å². The first kappa shape index (κ1) is 17.1. The Morgan fingerprint density at radius 1 is 1.43 bits per heavy atom. The molecule has 2 aromatic rings. The van der Waals surface area contributed by atoms with Gasteiger partial charge in [-0.05, 0) is 24.7 Å². The lowest BCUT2D eigenvalue weighted by atomic mass is 9.84. The number of hydrogen-bond acceptors (Lipinski definition) is 3. The zero-order valence-electron chi connectivity index (χ0n) is 13.9. The van der Waals surface area contributed by atoms with Crippen LogP contribution in [0.5, 0.6) is 0 Å². The van der Waals surface area contributed by atoms with Gasteiger partial charge in [0.2, 0.25) is 5.91 Å². The van der Waals surface area contributed by atoms with Crippen molar-refractivity contribution in [2.45, 2.75) is 25.3 Å². The summed E-state index contributed by atoms with van der Waals surface area (Å²) >= 11 is 0. The van der Waals surface area contributed by atoms with Gasteiger partial charge in [0, 0.05) is 30.8 Å². The van der Waals surface area contributed by atoms with Crippen LogP contribution in [-0.4, -0.2) is 29.3 Å². The van der Waals surface area contributed by atoms with Crippen LogP contribution in [0.25, 0.3) is 0 Å². The summed E-state index contributed by atoms with van der Waals surface area (Å²) in [7, 11) is 3.54. The molecule has 0 radical (unpaired) electrons. The summed E-state index contributed by atoms with van der Waals surface area (Å²) in [4.78, 5) is 12.4. The van der Waals surface area contributed by atoms with Crippen LogP contribution in [0, 0.1) is 5.82 Å². The number of nitrogens with one attached hydrogen (secondary N) is 2. The van der Waals surface area contributed by atoms with Gasteiger partial charge < -0.3 is 10.6 Å². The van der Waals surface area contributed by atoms with E-state index >= 15 is 0 Å². The van der Waals surface area contributed by atoms with E-state index in [1.54, 1.807) is 37.2 Å². The molecule has 1 aromatic carbocycles. The highest BCUT2D eigenvalue weighted by atomic mass is 19.1. The number of amides is 1. The number of benzene rings is 1. The van der Waals surface area contributed by atoms with E-state index in [0.29, 0.717) is 6.54 Å². The molecule has 1 atom stereocenters. The van der Waals surface area contributed by atoms with Crippen LogP contribution in [0.15, 0.2) is 36.7 Å². The Bertz CT molecular complexity index is 681. The Morgan fingerprint density at radius 2 is 2.17 bits per heavy atom. The minimum absolute atomic E-state index is 0.134. The molecule has 0 aliphatic carbocycles. The second-order valence-corrected chi connectivity index (χ2v) is 6.28. The Hall–Kier alpha value is -2.21. The minimum Gasteiger partial charge on any atom is -0.354 e. The topological polar surface area (TPSA) is 59.0 Å². The van der Waals surface area contributed by atoms with Crippen molar-refractivity contribution in [2.24, 2.45) is 7.05 Å². The van der Waals surface area contributed by atoms with Crippen LogP contribution in [-0.2, 0) is 17.3 Å². The molecule has 1 heterocycles. The van der Waals surface area contributed by atoms with Crippen LogP contribution in [0.2, 0.25) is 0 Å². The number of nitrogens with zero attached hydrogens (tertiary/aromatic N) is 2. The van der Waals surface area contributed by atoms with Gasteiger partial charge in [-0.25, -0.2) is 4.39 Å². The number of hydrogen-bond donors (Lipinski definition) is 2. The number of aromatic nitrogens is 2. The Morgan fingerprint density at radius 3 is 2.74 bits per heavy atom. The highest BCUT2D eigenvalue weighted by Gasteiger charge is 2.25. The summed E-state index contributed by atoms with van der Waals surface area (Å²) in [6.45, 7) is 4.36. The predicted octanol–water partition coefficient (Wildman–Crippen LogP) is 1.91. The SMILES string of the molecule is CNC(C(=O)NCC(C)(C)c1cccc(F)c1)c1cnn(C)c1. The quantitative estimate of drug-likeness (QED) is 0.855. The number of carbonyl (C=O) groups excluding carboxylic acids is 1. The maximum atomic E-state index is 13.4. The summed E-state index contributed by atoms with van der Waals surface area (Å²) in [5.41, 5.74) is 1.28. The van der Waals surface area contributed by atoms with Crippen molar-refractivity contribution >= 4 is 5.91 Å². The lowest BCUT2D eigenvalue weighted by molar-refractivity contribution is -0.123. The lowest BCUT2D eigenvalue weighted by Gasteiger charge is -2.27. The Kier molecular flexibility index (Phi) is 5.15. The van der Waals surface area contributed by atoms with Gasteiger partial charge in [0.15, 0.2) is 0 Å². The molecule has 0 saturated heterocycles. The first-order valence-electron chi connectivity index (χ1n) is 7.53. The Balaban J connectivity index is 2.05. The molecule has 0 bridgehead atoms. The van der Waals surface area contributed by atoms with Crippen molar-refractivity contribution in [3.05, 3.63) is 53.6 Å². The van der Waals surface area contributed by atoms with Crippen LogP contribution < -0.4 is 10.6 Å². The second kappa shape index (κ2) is 6.91. The molecule has 5 nitrogen and oxygen atoms in total. The molecular formula is C17H23FN4O. The summed E-state index contributed by atoms with van der Waals surface area (Å²) < 4.78 is 15.1. The molecule has 0 spiro atoms. The van der Waals surface area contributed by atoms with Gasteiger partial charge in [0.25, 0.3) is 0 Å². The molecule has 1 unspecified atom stereocenters. The van der Waals surface area contributed by atoms with E-state index in [1.807, 2.05) is 19.9 Å². The molecular weight excluding hydrogens is 295 g/mol. The Labute approximate surface area is 135 Å². The van der Waals surface area contributed by atoms with Crippen molar-refractivity contribution in [1.82, 2.24) is 20.4 Å². The monoisotopic (exact) mass is 318 g/mol. The van der Waals surface area contributed by atoms with Crippen molar-refractivity contribution in [3.63, 3.8) is 0 Å². The molecule has 124 valence electrons. The van der Waals surface area contributed by atoms with Gasteiger partial charge in [-0.1, -0.05) is 26.0 Å². The van der Waals surface area contributed by atoms with Crippen molar-refractivity contribution in [1.29, 1.82) is 0 Å². The summed E-state index contributed by atoms with van der Waals surface area (Å²) in [6.07, 6.45) is 3.47. The van der Waals surface area contributed by atoms with Gasteiger partial charge in [-0.3, -0.25) is 9.48 Å². The third-order valence-electron chi connectivity index (χ3n) is 3.92. The van der Waals surface area contributed by atoms with Gasteiger partial charge in [-0.2, -0.15) is 5.10 Å². The standard InChI is InChI=1S/C17H23FN4O/c1-17(2,13-6-5-7-14(18)8-13)11-20-16(23)15(19-3)12-9-21-22(4)10-12/h5-10,15,19H,11H2,1-4H3,(H,20,23). The van der Waals surface area contributed by atoms with Crippen LogP contribution >= 0.6 is 0 Å². The van der Waals surface area contributed by atoms with E-state index in [2.05, 4.69) is 15.7 Å². The third kappa shape index (κ3) is 4.16. The molecule has 1 amide bonds. The lowest BCUT2D eigenvalue weighted by Crippen LogP contribution is -2.42. The van der Waals surface area contributed by atoms with Crippen molar-refractivity contribution in [3.8, 4) is 0 Å². The number of aryl methyl sites for hydroxylation is 1. The molecule has 0 aliphatic rings. The van der Waals surface area contributed by atoms with Gasteiger partial charge in [0.1, 0.15) is 11.9 Å². The van der Waals surface area contributed by atoms with Crippen LogP contribution in [0.1, 0.15) is 31.0 Å². The minimum atomic E-state index is -0.466. The number of halogens is 1.